The smallest absolute Gasteiger partial charge is 0.0808 e. The zero-order valence-corrected chi connectivity index (χ0v) is 6.21. The summed E-state index contributed by atoms with van der Waals surface area (Å²) in [5.74, 6) is 0.687. The molecule has 0 aliphatic carbocycles. The molecule has 2 fully saturated rings. The van der Waals surface area contributed by atoms with Crippen molar-refractivity contribution in [3.63, 3.8) is 0 Å². The average molecular weight is 142 g/mol. The Labute approximate surface area is 61.5 Å². The summed E-state index contributed by atoms with van der Waals surface area (Å²) in [5.41, 5.74) is 0. The highest BCUT2D eigenvalue weighted by molar-refractivity contribution is 4.71. The number of ether oxygens (including phenoxy) is 2. The van der Waals surface area contributed by atoms with Gasteiger partial charge < -0.3 is 9.47 Å². The molecule has 0 N–H and O–H groups in total. The minimum Gasteiger partial charge on any atom is -0.378 e. The predicted octanol–water partition coefficient (Wildman–Crippen LogP) is 1.20. The van der Waals surface area contributed by atoms with E-state index in [0.717, 1.165) is 19.8 Å². The fraction of sp³-hybridized carbons (Fsp3) is 1.00. The van der Waals surface area contributed by atoms with E-state index in [-0.39, 0.29) is 0 Å². The van der Waals surface area contributed by atoms with Gasteiger partial charge in [-0.15, -0.1) is 0 Å². The van der Waals surface area contributed by atoms with Crippen LogP contribution in [0.1, 0.15) is 19.3 Å². The number of rotatable bonds is 0. The molecule has 2 rings (SSSR count). The van der Waals surface area contributed by atoms with Gasteiger partial charge >= 0.3 is 0 Å². The normalized spacial score (nSPS) is 40.8. The Morgan fingerprint density at radius 3 is 3.00 bits per heavy atom. The quantitative estimate of drug-likeness (QED) is 0.506. The summed E-state index contributed by atoms with van der Waals surface area (Å²) in [7, 11) is 0. The Balaban J connectivity index is 2.01. The Bertz CT molecular complexity index is 91.8. The molecule has 2 heteroatoms. The summed E-state index contributed by atoms with van der Waals surface area (Å²) in [6.07, 6.45) is 4.25. The molecule has 0 aromatic rings. The zero-order chi connectivity index (χ0) is 6.81. The van der Waals surface area contributed by atoms with Crippen molar-refractivity contribution >= 4 is 0 Å². The van der Waals surface area contributed by atoms with E-state index in [1.165, 1.54) is 19.3 Å². The molecule has 2 heterocycles. The Morgan fingerprint density at radius 2 is 2.00 bits per heavy atom. The van der Waals surface area contributed by atoms with Crippen molar-refractivity contribution in [1.29, 1.82) is 0 Å². The van der Waals surface area contributed by atoms with Crippen LogP contribution in [-0.2, 0) is 9.47 Å². The van der Waals surface area contributed by atoms with Gasteiger partial charge in [0.15, 0.2) is 0 Å². The van der Waals surface area contributed by atoms with E-state index in [1.807, 2.05) is 0 Å². The topological polar surface area (TPSA) is 18.5 Å². The Kier molecular flexibility index (Phi) is 1.91. The van der Waals surface area contributed by atoms with E-state index in [9.17, 15) is 0 Å². The highest BCUT2D eigenvalue weighted by Crippen LogP contribution is 2.22. The largest absolute Gasteiger partial charge is 0.378 e. The molecule has 0 spiro atoms. The molecular formula is C8H14O2. The van der Waals surface area contributed by atoms with Crippen LogP contribution in [0.25, 0.3) is 0 Å². The Hall–Kier alpha value is -0.0800. The van der Waals surface area contributed by atoms with E-state index in [1.54, 1.807) is 0 Å². The molecule has 2 saturated heterocycles. The summed E-state index contributed by atoms with van der Waals surface area (Å²) in [6.45, 7) is 2.69. The summed E-state index contributed by atoms with van der Waals surface area (Å²) in [4.78, 5) is 0. The van der Waals surface area contributed by atoms with Crippen LogP contribution in [0.2, 0.25) is 0 Å². The molecule has 0 amide bonds. The van der Waals surface area contributed by atoms with E-state index >= 15 is 0 Å². The second-order valence-electron chi connectivity index (χ2n) is 3.29. The molecule has 0 aromatic carbocycles. The van der Waals surface area contributed by atoms with Crippen molar-refractivity contribution in [2.24, 2.45) is 5.92 Å². The predicted molar refractivity (Wildman–Crippen MR) is 37.9 cm³/mol. The molecule has 2 aliphatic rings. The molecule has 0 saturated carbocycles. The lowest BCUT2D eigenvalue weighted by atomic mass is 10.0. The van der Waals surface area contributed by atoms with Gasteiger partial charge in [-0.2, -0.15) is 0 Å². The lowest BCUT2D eigenvalue weighted by molar-refractivity contribution is 0.0230. The van der Waals surface area contributed by atoms with E-state index in [2.05, 4.69) is 0 Å². The van der Waals surface area contributed by atoms with Gasteiger partial charge in [-0.3, -0.25) is 0 Å². The molecule has 58 valence electrons. The number of hydrogen-bond acceptors (Lipinski definition) is 2. The van der Waals surface area contributed by atoms with Gasteiger partial charge in [0, 0.05) is 5.92 Å². The molecule has 2 nitrogen and oxygen atoms in total. The molecule has 2 aliphatic heterocycles. The van der Waals surface area contributed by atoms with Gasteiger partial charge in [0.1, 0.15) is 0 Å². The van der Waals surface area contributed by atoms with Crippen molar-refractivity contribution < 1.29 is 9.47 Å². The molecule has 10 heavy (non-hydrogen) atoms. The summed E-state index contributed by atoms with van der Waals surface area (Å²) in [5, 5.41) is 0. The lowest BCUT2D eigenvalue weighted by Gasteiger charge is -2.13. The van der Waals surface area contributed by atoms with Gasteiger partial charge in [-0.05, 0) is 12.8 Å². The van der Waals surface area contributed by atoms with Crippen molar-refractivity contribution in [1.82, 2.24) is 0 Å². The van der Waals surface area contributed by atoms with Crippen molar-refractivity contribution in [3.05, 3.63) is 0 Å². The third kappa shape index (κ3) is 1.32. The minimum absolute atomic E-state index is 0.410. The third-order valence-corrected chi connectivity index (χ3v) is 2.36. The third-order valence-electron chi connectivity index (χ3n) is 2.36. The first-order valence-corrected chi connectivity index (χ1v) is 4.14. The van der Waals surface area contributed by atoms with Gasteiger partial charge in [0.05, 0.1) is 25.9 Å². The first-order valence-electron chi connectivity index (χ1n) is 4.14. The van der Waals surface area contributed by atoms with Crippen LogP contribution in [0.4, 0.5) is 0 Å². The fourth-order valence-electron chi connectivity index (χ4n) is 1.70. The van der Waals surface area contributed by atoms with Crippen LogP contribution < -0.4 is 0 Å². The van der Waals surface area contributed by atoms with E-state index < -0.39 is 0 Å². The second kappa shape index (κ2) is 2.89. The maximum atomic E-state index is 5.60. The van der Waals surface area contributed by atoms with E-state index in [0.29, 0.717) is 12.0 Å². The summed E-state index contributed by atoms with van der Waals surface area (Å²) in [6, 6.07) is 0. The van der Waals surface area contributed by atoms with Gasteiger partial charge in [0.2, 0.25) is 0 Å². The molecular weight excluding hydrogens is 128 g/mol. The summed E-state index contributed by atoms with van der Waals surface area (Å²) >= 11 is 0. The van der Waals surface area contributed by atoms with Crippen LogP contribution in [0.5, 0.6) is 0 Å². The van der Waals surface area contributed by atoms with Crippen LogP contribution >= 0.6 is 0 Å². The van der Waals surface area contributed by atoms with Gasteiger partial charge in [-0.1, -0.05) is 6.42 Å². The molecule has 0 aromatic heterocycles. The van der Waals surface area contributed by atoms with Crippen molar-refractivity contribution in [2.75, 3.05) is 19.8 Å². The fourth-order valence-corrected chi connectivity index (χ4v) is 1.70. The maximum Gasteiger partial charge on any atom is 0.0808 e. The minimum atomic E-state index is 0.410. The number of hydrogen-bond donors (Lipinski definition) is 0. The average Bonchev–Trinajstić information content (AvgIpc) is 2.17. The highest BCUT2D eigenvalue weighted by Gasteiger charge is 2.23. The van der Waals surface area contributed by atoms with Crippen LogP contribution in [0.15, 0.2) is 0 Å². The maximum absolute atomic E-state index is 5.60. The van der Waals surface area contributed by atoms with E-state index in [4.69, 9.17) is 9.47 Å². The monoisotopic (exact) mass is 142 g/mol. The SMILES string of the molecule is C1CC2COCC(C1)OC2. The van der Waals surface area contributed by atoms with Crippen LogP contribution in [-0.4, -0.2) is 25.9 Å². The Morgan fingerprint density at radius 1 is 1.00 bits per heavy atom. The summed E-state index contributed by atoms with van der Waals surface area (Å²) < 4.78 is 11.0. The highest BCUT2D eigenvalue weighted by atomic mass is 16.5. The second-order valence-corrected chi connectivity index (χ2v) is 3.29. The van der Waals surface area contributed by atoms with Crippen molar-refractivity contribution in [2.45, 2.75) is 25.4 Å². The first kappa shape index (κ1) is 6.62. The molecule has 2 bridgehead atoms. The van der Waals surface area contributed by atoms with Gasteiger partial charge in [0.25, 0.3) is 0 Å². The zero-order valence-electron chi connectivity index (χ0n) is 6.21. The molecule has 2 unspecified atom stereocenters. The standard InChI is InChI=1S/C8H14O2/c1-2-7-4-9-6-8(3-1)10-5-7/h7-8H,1-6H2. The van der Waals surface area contributed by atoms with Crippen molar-refractivity contribution in [3.8, 4) is 0 Å². The first-order chi connectivity index (χ1) is 4.95. The lowest BCUT2D eigenvalue weighted by Crippen LogP contribution is -2.16. The molecule has 0 radical (unpaired) electrons. The van der Waals surface area contributed by atoms with Crippen LogP contribution in [0, 0.1) is 5.92 Å². The van der Waals surface area contributed by atoms with Crippen LogP contribution in [0.3, 0.4) is 0 Å². The van der Waals surface area contributed by atoms with Gasteiger partial charge in [-0.25, -0.2) is 0 Å². The molecule has 2 atom stereocenters. The number of fused-ring (bicyclic) bond motifs is 3.